The van der Waals surface area contributed by atoms with Gasteiger partial charge in [-0.15, -0.1) is 0 Å². The number of likely N-dealkylation sites (tertiary alicyclic amines) is 1. The van der Waals surface area contributed by atoms with Gasteiger partial charge < -0.3 is 10.2 Å². The minimum Gasteiger partial charge on any atom is -0.366 e. The molecule has 0 aliphatic carbocycles. The maximum absolute atomic E-state index is 6.11. The summed E-state index contributed by atoms with van der Waals surface area (Å²) in [7, 11) is 2.14. The Morgan fingerprint density at radius 3 is 2.82 bits per heavy atom. The van der Waals surface area contributed by atoms with Crippen LogP contribution in [0.15, 0.2) is 0 Å². The lowest BCUT2D eigenvalue weighted by Gasteiger charge is -2.16. The molecule has 5 heteroatoms. The van der Waals surface area contributed by atoms with Crippen molar-refractivity contribution in [3.05, 3.63) is 16.5 Å². The third-order valence-electron chi connectivity index (χ3n) is 3.18. The Kier molecular flexibility index (Phi) is 3.84. The van der Waals surface area contributed by atoms with Crippen molar-refractivity contribution in [1.82, 2.24) is 14.9 Å². The van der Waals surface area contributed by atoms with Crippen LogP contribution in [0.1, 0.15) is 24.7 Å². The summed E-state index contributed by atoms with van der Waals surface area (Å²) in [5.41, 5.74) is 0.943. The van der Waals surface area contributed by atoms with E-state index in [0.29, 0.717) is 11.2 Å². The molecule has 94 valence electrons. The highest BCUT2D eigenvalue weighted by atomic mass is 35.5. The lowest BCUT2D eigenvalue weighted by molar-refractivity contribution is 0.414. The molecule has 2 heterocycles. The number of nitrogens with one attached hydrogen (secondary N) is 1. The summed E-state index contributed by atoms with van der Waals surface area (Å²) in [5, 5.41) is 4.04. The second-order valence-electron chi connectivity index (χ2n) is 4.65. The van der Waals surface area contributed by atoms with E-state index in [1.807, 2.05) is 13.8 Å². The Morgan fingerprint density at radius 2 is 2.24 bits per heavy atom. The van der Waals surface area contributed by atoms with E-state index < -0.39 is 0 Å². The predicted molar refractivity (Wildman–Crippen MR) is 70.7 cm³/mol. The summed E-state index contributed by atoms with van der Waals surface area (Å²) in [5.74, 6) is 1.69. The Labute approximate surface area is 107 Å². The highest BCUT2D eigenvalue weighted by molar-refractivity contribution is 6.30. The molecule has 1 aromatic heterocycles. The van der Waals surface area contributed by atoms with Gasteiger partial charge in [-0.3, -0.25) is 0 Å². The molecule has 17 heavy (non-hydrogen) atoms. The zero-order valence-electron chi connectivity index (χ0n) is 10.6. The monoisotopic (exact) mass is 254 g/mol. The molecule has 1 N–H and O–H groups in total. The molecule has 1 unspecified atom stereocenters. The SMILES string of the molecule is CCc1nc(Cl)c(C)c(NC2CCN(C)C2)n1. The molecule has 4 nitrogen and oxygen atoms in total. The van der Waals surface area contributed by atoms with Gasteiger partial charge in [0.25, 0.3) is 0 Å². The first kappa shape index (κ1) is 12.6. The molecule has 1 aliphatic rings. The molecule has 2 rings (SSSR count). The number of aromatic nitrogens is 2. The number of hydrogen-bond acceptors (Lipinski definition) is 4. The Balaban J connectivity index is 2.17. The normalized spacial score (nSPS) is 20.8. The van der Waals surface area contributed by atoms with Gasteiger partial charge in [0.15, 0.2) is 0 Å². The van der Waals surface area contributed by atoms with E-state index in [2.05, 4.69) is 27.2 Å². The molecule has 1 fully saturated rings. The van der Waals surface area contributed by atoms with Crippen LogP contribution in [-0.4, -0.2) is 41.0 Å². The van der Waals surface area contributed by atoms with Gasteiger partial charge in [0.2, 0.25) is 0 Å². The zero-order chi connectivity index (χ0) is 12.4. The van der Waals surface area contributed by atoms with Gasteiger partial charge in [0, 0.05) is 24.6 Å². The van der Waals surface area contributed by atoms with Crippen LogP contribution < -0.4 is 5.32 Å². The minimum absolute atomic E-state index is 0.467. The van der Waals surface area contributed by atoms with Crippen molar-refractivity contribution in [2.75, 3.05) is 25.5 Å². The molecule has 0 saturated carbocycles. The highest BCUT2D eigenvalue weighted by Gasteiger charge is 2.20. The molecular formula is C12H19ClN4. The van der Waals surface area contributed by atoms with Gasteiger partial charge in [-0.1, -0.05) is 18.5 Å². The predicted octanol–water partition coefficient (Wildman–Crippen LogP) is 2.12. The van der Waals surface area contributed by atoms with Crippen molar-refractivity contribution in [2.45, 2.75) is 32.7 Å². The van der Waals surface area contributed by atoms with E-state index in [4.69, 9.17) is 11.6 Å². The van der Waals surface area contributed by atoms with Crippen LogP contribution >= 0.6 is 11.6 Å². The highest BCUT2D eigenvalue weighted by Crippen LogP contribution is 2.22. The number of nitrogens with zero attached hydrogens (tertiary/aromatic N) is 3. The van der Waals surface area contributed by atoms with Crippen LogP contribution in [0.4, 0.5) is 5.82 Å². The van der Waals surface area contributed by atoms with E-state index in [9.17, 15) is 0 Å². The van der Waals surface area contributed by atoms with Gasteiger partial charge in [0.05, 0.1) is 0 Å². The number of rotatable bonds is 3. The van der Waals surface area contributed by atoms with Crippen LogP contribution in [0.2, 0.25) is 5.15 Å². The lowest BCUT2D eigenvalue weighted by atomic mass is 10.2. The Morgan fingerprint density at radius 1 is 1.47 bits per heavy atom. The van der Waals surface area contributed by atoms with Gasteiger partial charge in [-0.05, 0) is 26.9 Å². The van der Waals surface area contributed by atoms with Crippen LogP contribution in [0.5, 0.6) is 0 Å². The minimum atomic E-state index is 0.467. The average Bonchev–Trinajstić information content (AvgIpc) is 2.70. The Hall–Kier alpha value is -0.870. The van der Waals surface area contributed by atoms with E-state index in [1.54, 1.807) is 0 Å². The molecule has 1 aromatic rings. The molecule has 0 aromatic carbocycles. The van der Waals surface area contributed by atoms with Gasteiger partial charge >= 0.3 is 0 Å². The summed E-state index contributed by atoms with van der Waals surface area (Å²) in [6.45, 7) is 6.19. The molecule has 1 aliphatic heterocycles. The number of anilines is 1. The molecular weight excluding hydrogens is 236 g/mol. The molecule has 1 atom stereocenters. The molecule has 0 radical (unpaired) electrons. The van der Waals surface area contributed by atoms with Crippen LogP contribution in [-0.2, 0) is 6.42 Å². The van der Waals surface area contributed by atoms with Crippen molar-refractivity contribution in [2.24, 2.45) is 0 Å². The summed E-state index contributed by atoms with van der Waals surface area (Å²) in [6, 6.07) is 0.467. The van der Waals surface area contributed by atoms with Crippen LogP contribution in [0.3, 0.4) is 0 Å². The zero-order valence-corrected chi connectivity index (χ0v) is 11.4. The molecule has 0 spiro atoms. The number of aryl methyl sites for hydroxylation is 1. The number of likely N-dealkylation sites (N-methyl/N-ethyl adjacent to an activating group) is 1. The standard InChI is InChI=1S/C12H19ClN4/c1-4-10-15-11(13)8(2)12(16-10)14-9-5-6-17(3)7-9/h9H,4-7H2,1-3H3,(H,14,15,16). The summed E-state index contributed by atoms with van der Waals surface area (Å²) in [4.78, 5) is 11.1. The van der Waals surface area contributed by atoms with Gasteiger partial charge in [-0.25, -0.2) is 9.97 Å². The third-order valence-corrected chi connectivity index (χ3v) is 3.55. The fraction of sp³-hybridized carbons (Fsp3) is 0.667. The quantitative estimate of drug-likeness (QED) is 0.839. The topological polar surface area (TPSA) is 41.1 Å². The maximum atomic E-state index is 6.11. The van der Waals surface area contributed by atoms with E-state index in [1.165, 1.54) is 0 Å². The average molecular weight is 255 g/mol. The smallest absolute Gasteiger partial charge is 0.137 e. The summed E-state index contributed by atoms with van der Waals surface area (Å²) in [6.07, 6.45) is 1.96. The second-order valence-corrected chi connectivity index (χ2v) is 5.01. The third kappa shape index (κ3) is 2.87. The molecule has 0 bridgehead atoms. The lowest BCUT2D eigenvalue weighted by Crippen LogP contribution is -2.24. The molecule has 0 amide bonds. The van der Waals surface area contributed by atoms with E-state index in [0.717, 1.165) is 43.1 Å². The van der Waals surface area contributed by atoms with Crippen LogP contribution in [0.25, 0.3) is 0 Å². The maximum Gasteiger partial charge on any atom is 0.137 e. The summed E-state index contributed by atoms with van der Waals surface area (Å²) >= 11 is 6.11. The van der Waals surface area contributed by atoms with Crippen molar-refractivity contribution in [3.8, 4) is 0 Å². The first-order valence-electron chi connectivity index (χ1n) is 6.08. The van der Waals surface area contributed by atoms with Crippen molar-refractivity contribution >= 4 is 17.4 Å². The van der Waals surface area contributed by atoms with Crippen molar-refractivity contribution in [1.29, 1.82) is 0 Å². The second kappa shape index (κ2) is 5.19. The first-order chi connectivity index (χ1) is 8.10. The van der Waals surface area contributed by atoms with Crippen molar-refractivity contribution in [3.63, 3.8) is 0 Å². The first-order valence-corrected chi connectivity index (χ1v) is 6.46. The summed E-state index contributed by atoms with van der Waals surface area (Å²) < 4.78 is 0. The van der Waals surface area contributed by atoms with E-state index >= 15 is 0 Å². The largest absolute Gasteiger partial charge is 0.366 e. The van der Waals surface area contributed by atoms with Gasteiger partial charge in [-0.2, -0.15) is 0 Å². The Bertz CT molecular complexity index is 408. The number of hydrogen-bond donors (Lipinski definition) is 1. The fourth-order valence-electron chi connectivity index (χ4n) is 2.08. The molecule has 1 saturated heterocycles. The fourth-order valence-corrected chi connectivity index (χ4v) is 2.26. The number of halogens is 1. The van der Waals surface area contributed by atoms with Crippen LogP contribution in [0, 0.1) is 6.92 Å². The van der Waals surface area contributed by atoms with E-state index in [-0.39, 0.29) is 0 Å². The van der Waals surface area contributed by atoms with Crippen molar-refractivity contribution < 1.29 is 0 Å². The van der Waals surface area contributed by atoms with Gasteiger partial charge in [0.1, 0.15) is 16.8 Å².